The minimum Gasteiger partial charge on any atom is -0.347 e. The standard InChI is InChI=1S/C26H35N3O/c1-17(18-10-6-5-7-11-18)29-21-13-9-8-12-20(21)22(28-29)23(30)27-24-25(2,3)19-14-15-26(24,4)16-19/h5-7,10-11,17,19,24H,8-9,12-16H2,1-4H3,(H,27,30). The lowest BCUT2D eigenvalue weighted by Gasteiger charge is -2.43. The number of carbonyl (C=O) groups is 1. The molecule has 1 aromatic carbocycles. The van der Waals surface area contributed by atoms with Crippen LogP contribution < -0.4 is 5.32 Å². The van der Waals surface area contributed by atoms with E-state index in [1.165, 1.54) is 42.5 Å². The van der Waals surface area contributed by atoms with Crippen LogP contribution in [0.3, 0.4) is 0 Å². The van der Waals surface area contributed by atoms with Crippen LogP contribution in [-0.4, -0.2) is 21.7 Å². The first-order chi connectivity index (χ1) is 14.3. The van der Waals surface area contributed by atoms with Gasteiger partial charge in [-0.3, -0.25) is 9.48 Å². The first-order valence-corrected chi connectivity index (χ1v) is 11.8. The second-order valence-electron chi connectivity index (χ2n) is 10.8. The number of hydrogen-bond donors (Lipinski definition) is 1. The van der Waals surface area contributed by atoms with Crippen LogP contribution in [-0.2, 0) is 12.8 Å². The molecular weight excluding hydrogens is 370 g/mol. The smallest absolute Gasteiger partial charge is 0.272 e. The molecule has 4 atom stereocenters. The van der Waals surface area contributed by atoms with Crippen molar-refractivity contribution >= 4 is 5.91 Å². The largest absolute Gasteiger partial charge is 0.347 e. The highest BCUT2D eigenvalue weighted by molar-refractivity contribution is 5.94. The first kappa shape index (κ1) is 19.8. The molecule has 1 heterocycles. The predicted molar refractivity (Wildman–Crippen MR) is 120 cm³/mol. The van der Waals surface area contributed by atoms with Crippen molar-refractivity contribution in [3.63, 3.8) is 0 Å². The number of nitrogens with zero attached hydrogens (tertiary/aromatic N) is 2. The molecule has 0 aliphatic heterocycles. The van der Waals surface area contributed by atoms with Crippen LogP contribution in [0, 0.1) is 16.7 Å². The van der Waals surface area contributed by atoms with Gasteiger partial charge in [-0.25, -0.2) is 0 Å². The van der Waals surface area contributed by atoms with E-state index in [0.29, 0.717) is 5.69 Å². The Morgan fingerprint density at radius 2 is 1.90 bits per heavy atom. The summed E-state index contributed by atoms with van der Waals surface area (Å²) in [5.74, 6) is 0.761. The van der Waals surface area contributed by atoms with Gasteiger partial charge in [0.05, 0.1) is 6.04 Å². The number of fused-ring (bicyclic) bond motifs is 3. The summed E-state index contributed by atoms with van der Waals surface area (Å²) >= 11 is 0. The van der Waals surface area contributed by atoms with Gasteiger partial charge in [-0.15, -0.1) is 0 Å². The summed E-state index contributed by atoms with van der Waals surface area (Å²) in [4.78, 5) is 13.6. The minimum atomic E-state index is 0.0408. The zero-order valence-electron chi connectivity index (χ0n) is 18.9. The summed E-state index contributed by atoms with van der Waals surface area (Å²) < 4.78 is 2.13. The molecule has 5 rings (SSSR count). The van der Waals surface area contributed by atoms with Gasteiger partial charge in [0.1, 0.15) is 0 Å². The van der Waals surface area contributed by atoms with Crippen LogP contribution in [0.25, 0.3) is 0 Å². The van der Waals surface area contributed by atoms with Crippen LogP contribution >= 0.6 is 0 Å². The maximum atomic E-state index is 13.6. The molecule has 160 valence electrons. The fourth-order valence-electron chi connectivity index (χ4n) is 6.86. The molecule has 4 unspecified atom stereocenters. The van der Waals surface area contributed by atoms with Crippen LogP contribution in [0.15, 0.2) is 30.3 Å². The van der Waals surface area contributed by atoms with Crippen LogP contribution in [0.1, 0.15) is 93.2 Å². The van der Waals surface area contributed by atoms with Crippen molar-refractivity contribution in [2.45, 2.75) is 84.7 Å². The maximum absolute atomic E-state index is 13.6. The van der Waals surface area contributed by atoms with Gasteiger partial charge in [-0.05, 0) is 74.2 Å². The van der Waals surface area contributed by atoms with E-state index in [1.807, 2.05) is 6.07 Å². The van der Waals surface area contributed by atoms with Crippen molar-refractivity contribution in [1.82, 2.24) is 15.1 Å². The SMILES string of the molecule is CC(c1ccccc1)n1nc(C(=O)NC2C3(C)CCC(C3)C2(C)C)c2c1CCCC2. The van der Waals surface area contributed by atoms with Gasteiger partial charge < -0.3 is 5.32 Å². The molecule has 1 N–H and O–H groups in total. The minimum absolute atomic E-state index is 0.0408. The summed E-state index contributed by atoms with van der Waals surface area (Å²) in [6.45, 7) is 9.26. The number of carbonyl (C=O) groups excluding carboxylic acids is 1. The third-order valence-electron chi connectivity index (χ3n) is 8.62. The topological polar surface area (TPSA) is 46.9 Å². The highest BCUT2D eigenvalue weighted by Crippen LogP contribution is 2.62. The average Bonchev–Trinajstić information content (AvgIpc) is 3.38. The Morgan fingerprint density at radius 3 is 2.60 bits per heavy atom. The molecule has 0 radical (unpaired) electrons. The fraction of sp³-hybridized carbons (Fsp3) is 0.615. The number of hydrogen-bond acceptors (Lipinski definition) is 2. The van der Waals surface area contributed by atoms with E-state index in [1.54, 1.807) is 0 Å². The summed E-state index contributed by atoms with van der Waals surface area (Å²) in [7, 11) is 0. The summed E-state index contributed by atoms with van der Waals surface area (Å²) in [5, 5.41) is 8.43. The Morgan fingerprint density at radius 1 is 1.17 bits per heavy atom. The molecule has 4 nitrogen and oxygen atoms in total. The number of nitrogens with one attached hydrogen (secondary N) is 1. The fourth-order valence-corrected chi connectivity index (χ4v) is 6.86. The van der Waals surface area contributed by atoms with Gasteiger partial charge >= 0.3 is 0 Å². The highest BCUT2D eigenvalue weighted by atomic mass is 16.2. The van der Waals surface area contributed by atoms with E-state index in [-0.39, 0.29) is 28.8 Å². The molecule has 3 aliphatic rings. The zero-order valence-corrected chi connectivity index (χ0v) is 18.9. The molecule has 0 spiro atoms. The Bertz CT molecular complexity index is 955. The maximum Gasteiger partial charge on any atom is 0.272 e. The van der Waals surface area contributed by atoms with Crippen LogP contribution in [0.5, 0.6) is 0 Å². The van der Waals surface area contributed by atoms with E-state index >= 15 is 0 Å². The first-order valence-electron chi connectivity index (χ1n) is 11.8. The molecule has 2 saturated carbocycles. The summed E-state index contributed by atoms with van der Waals surface area (Å²) in [5.41, 5.74) is 4.75. The monoisotopic (exact) mass is 405 g/mol. The van der Waals surface area contributed by atoms with Crippen LogP contribution in [0.4, 0.5) is 0 Å². The van der Waals surface area contributed by atoms with Crippen molar-refractivity contribution in [3.8, 4) is 0 Å². The van der Waals surface area contributed by atoms with Crippen molar-refractivity contribution in [2.75, 3.05) is 0 Å². The molecule has 2 aromatic rings. The van der Waals surface area contributed by atoms with Gasteiger partial charge in [-0.2, -0.15) is 5.10 Å². The lowest BCUT2D eigenvalue weighted by Crippen LogP contribution is -2.52. The zero-order chi connectivity index (χ0) is 21.1. The van der Waals surface area contributed by atoms with Crippen molar-refractivity contribution in [1.29, 1.82) is 0 Å². The normalized spacial score (nSPS) is 30.1. The van der Waals surface area contributed by atoms with E-state index in [0.717, 1.165) is 25.2 Å². The Labute approximate surface area is 180 Å². The molecule has 1 aromatic heterocycles. The lowest BCUT2D eigenvalue weighted by atomic mass is 9.68. The third kappa shape index (κ3) is 2.94. The molecule has 3 aliphatic carbocycles. The molecular formula is C26H35N3O. The third-order valence-corrected chi connectivity index (χ3v) is 8.62. The number of rotatable bonds is 4. The molecule has 30 heavy (non-hydrogen) atoms. The molecule has 1 amide bonds. The van der Waals surface area contributed by atoms with E-state index in [2.05, 4.69) is 62.0 Å². The number of benzene rings is 1. The highest BCUT2D eigenvalue weighted by Gasteiger charge is 2.59. The van der Waals surface area contributed by atoms with Gasteiger partial charge in [0.25, 0.3) is 5.91 Å². The number of amides is 1. The predicted octanol–water partition coefficient (Wildman–Crippen LogP) is 5.32. The second-order valence-corrected chi connectivity index (χ2v) is 10.8. The summed E-state index contributed by atoms with van der Waals surface area (Å²) in [6.07, 6.45) is 8.07. The van der Waals surface area contributed by atoms with Gasteiger partial charge in [0, 0.05) is 17.3 Å². The number of aromatic nitrogens is 2. The van der Waals surface area contributed by atoms with E-state index < -0.39 is 0 Å². The average molecular weight is 406 g/mol. The quantitative estimate of drug-likeness (QED) is 0.749. The molecule has 4 heteroatoms. The van der Waals surface area contributed by atoms with Crippen molar-refractivity contribution in [2.24, 2.45) is 16.7 Å². The van der Waals surface area contributed by atoms with E-state index in [9.17, 15) is 4.79 Å². The lowest BCUT2D eigenvalue weighted by molar-refractivity contribution is 0.0731. The van der Waals surface area contributed by atoms with E-state index in [4.69, 9.17) is 5.10 Å². The van der Waals surface area contributed by atoms with Gasteiger partial charge in [0.15, 0.2) is 5.69 Å². The van der Waals surface area contributed by atoms with Gasteiger partial charge in [0.2, 0.25) is 0 Å². The van der Waals surface area contributed by atoms with Gasteiger partial charge in [-0.1, -0.05) is 51.1 Å². The molecule has 0 saturated heterocycles. The molecule has 2 bridgehead atoms. The van der Waals surface area contributed by atoms with Crippen molar-refractivity contribution < 1.29 is 4.79 Å². The Kier molecular flexibility index (Phi) is 4.61. The second kappa shape index (κ2) is 6.96. The Hall–Kier alpha value is -2.10. The molecule has 2 fully saturated rings. The van der Waals surface area contributed by atoms with Crippen molar-refractivity contribution in [3.05, 3.63) is 52.8 Å². The van der Waals surface area contributed by atoms with Crippen LogP contribution in [0.2, 0.25) is 0 Å². The summed E-state index contributed by atoms with van der Waals surface area (Å²) in [6, 6.07) is 10.9. The Balaban J connectivity index is 1.47.